The normalized spacial score (nSPS) is 10.9. The number of fused-ring (bicyclic) bond motifs is 1. The van der Waals surface area contributed by atoms with E-state index in [0.29, 0.717) is 29.8 Å². The van der Waals surface area contributed by atoms with Gasteiger partial charge in [-0.15, -0.1) is 0 Å². The van der Waals surface area contributed by atoms with Crippen LogP contribution in [0.1, 0.15) is 6.42 Å². The Labute approximate surface area is 101 Å². The van der Waals surface area contributed by atoms with Gasteiger partial charge in [0, 0.05) is 18.7 Å². The largest absolute Gasteiger partial charge is 0.419 e. The molecule has 90 valence electrons. The summed E-state index contributed by atoms with van der Waals surface area (Å²) in [5, 5.41) is 10.7. The Morgan fingerprint density at radius 1 is 1.47 bits per heavy atom. The Kier molecular flexibility index (Phi) is 3.19. The van der Waals surface area contributed by atoms with Crippen molar-refractivity contribution in [2.24, 2.45) is 0 Å². The molecule has 2 rings (SSSR count). The molecule has 1 heterocycles. The fourth-order valence-corrected chi connectivity index (χ4v) is 1.75. The Bertz CT molecular complexity index is 616. The average Bonchev–Trinajstić information content (AvgIpc) is 2.61. The first-order chi connectivity index (χ1) is 8.13. The SMILES string of the molecule is O=c1oc2ccc([N+](=O)[O-])cc2n1CCCS. The highest BCUT2D eigenvalue weighted by Gasteiger charge is 2.13. The maximum Gasteiger partial charge on any atom is 0.419 e. The minimum absolute atomic E-state index is 0.0575. The lowest BCUT2D eigenvalue weighted by Gasteiger charge is -1.99. The molecule has 0 radical (unpaired) electrons. The Balaban J connectivity index is 2.57. The van der Waals surface area contributed by atoms with Crippen molar-refractivity contribution in [2.75, 3.05) is 5.75 Å². The second kappa shape index (κ2) is 4.62. The first-order valence-electron chi connectivity index (χ1n) is 5.02. The number of aryl methyl sites for hydroxylation is 1. The molecule has 0 spiro atoms. The van der Waals surface area contributed by atoms with E-state index in [-0.39, 0.29) is 5.69 Å². The van der Waals surface area contributed by atoms with Crippen molar-refractivity contribution in [1.29, 1.82) is 0 Å². The molecule has 0 atom stereocenters. The van der Waals surface area contributed by atoms with E-state index < -0.39 is 10.7 Å². The van der Waals surface area contributed by atoms with Crippen LogP contribution < -0.4 is 5.76 Å². The number of nitro benzene ring substituents is 1. The topological polar surface area (TPSA) is 78.3 Å². The van der Waals surface area contributed by atoms with Gasteiger partial charge in [-0.1, -0.05) is 0 Å². The molecule has 0 aliphatic rings. The highest BCUT2D eigenvalue weighted by molar-refractivity contribution is 7.80. The van der Waals surface area contributed by atoms with Crippen LogP contribution >= 0.6 is 12.6 Å². The van der Waals surface area contributed by atoms with Crippen LogP contribution in [0.2, 0.25) is 0 Å². The molecule has 0 N–H and O–H groups in total. The number of thiol groups is 1. The van der Waals surface area contributed by atoms with Gasteiger partial charge < -0.3 is 4.42 Å². The maximum atomic E-state index is 11.5. The molecular formula is C10H10N2O4S. The maximum absolute atomic E-state index is 11.5. The van der Waals surface area contributed by atoms with Gasteiger partial charge in [-0.25, -0.2) is 4.79 Å². The van der Waals surface area contributed by atoms with Gasteiger partial charge in [0.05, 0.1) is 10.4 Å². The molecule has 0 unspecified atom stereocenters. The molecule has 6 nitrogen and oxygen atoms in total. The summed E-state index contributed by atoms with van der Waals surface area (Å²) in [6.07, 6.45) is 0.695. The summed E-state index contributed by atoms with van der Waals surface area (Å²) in [7, 11) is 0. The summed E-state index contributed by atoms with van der Waals surface area (Å²) in [6, 6.07) is 4.10. The third-order valence-corrected chi connectivity index (χ3v) is 2.72. The standard InChI is InChI=1S/C10H10N2O4S/c13-10-11(4-1-5-17)8-6-7(12(14)15)2-3-9(8)16-10/h2-3,6,17H,1,4-5H2. The van der Waals surface area contributed by atoms with Gasteiger partial charge in [-0.3, -0.25) is 14.7 Å². The van der Waals surface area contributed by atoms with Gasteiger partial charge in [0.15, 0.2) is 5.58 Å². The fraction of sp³-hybridized carbons (Fsp3) is 0.300. The Morgan fingerprint density at radius 2 is 2.24 bits per heavy atom. The number of non-ortho nitro benzene ring substituents is 1. The van der Waals surface area contributed by atoms with E-state index in [1.165, 1.54) is 22.8 Å². The molecule has 0 aliphatic carbocycles. The molecule has 0 bridgehead atoms. The van der Waals surface area contributed by atoms with Crippen LogP contribution in [0, 0.1) is 10.1 Å². The molecular weight excluding hydrogens is 244 g/mol. The van der Waals surface area contributed by atoms with E-state index in [9.17, 15) is 14.9 Å². The number of benzene rings is 1. The van der Waals surface area contributed by atoms with Crippen molar-refractivity contribution in [2.45, 2.75) is 13.0 Å². The van der Waals surface area contributed by atoms with Crippen LogP contribution in [0.15, 0.2) is 27.4 Å². The highest BCUT2D eigenvalue weighted by atomic mass is 32.1. The first kappa shape index (κ1) is 11.7. The van der Waals surface area contributed by atoms with Crippen molar-refractivity contribution in [1.82, 2.24) is 4.57 Å². The molecule has 7 heteroatoms. The van der Waals surface area contributed by atoms with Gasteiger partial charge in [-0.05, 0) is 18.2 Å². The number of oxazole rings is 1. The van der Waals surface area contributed by atoms with Crippen LogP contribution in [-0.2, 0) is 6.54 Å². The summed E-state index contributed by atoms with van der Waals surface area (Å²) in [4.78, 5) is 21.7. The minimum atomic E-state index is -0.500. The van der Waals surface area contributed by atoms with Crippen molar-refractivity contribution in [3.05, 3.63) is 38.9 Å². The first-order valence-corrected chi connectivity index (χ1v) is 5.65. The van der Waals surface area contributed by atoms with Crippen LogP contribution in [0.3, 0.4) is 0 Å². The van der Waals surface area contributed by atoms with Crippen molar-refractivity contribution in [3.8, 4) is 0 Å². The number of aromatic nitrogens is 1. The molecule has 17 heavy (non-hydrogen) atoms. The van der Waals surface area contributed by atoms with Crippen molar-refractivity contribution in [3.63, 3.8) is 0 Å². The number of nitrogens with zero attached hydrogens (tertiary/aromatic N) is 2. The van der Waals surface area contributed by atoms with E-state index in [2.05, 4.69) is 12.6 Å². The van der Waals surface area contributed by atoms with Gasteiger partial charge in [0.1, 0.15) is 0 Å². The molecule has 2 aromatic rings. The van der Waals surface area contributed by atoms with E-state index in [4.69, 9.17) is 4.42 Å². The molecule has 0 fully saturated rings. The second-order valence-electron chi connectivity index (χ2n) is 3.51. The molecule has 1 aromatic carbocycles. The lowest BCUT2D eigenvalue weighted by atomic mass is 10.3. The zero-order valence-corrected chi connectivity index (χ0v) is 9.72. The third kappa shape index (κ3) is 2.19. The third-order valence-electron chi connectivity index (χ3n) is 2.40. The van der Waals surface area contributed by atoms with Crippen LogP contribution in [0.5, 0.6) is 0 Å². The fourth-order valence-electron chi connectivity index (χ4n) is 1.60. The van der Waals surface area contributed by atoms with E-state index in [1.54, 1.807) is 0 Å². The quantitative estimate of drug-likeness (QED) is 0.513. The molecule has 0 amide bonds. The Morgan fingerprint density at radius 3 is 2.88 bits per heavy atom. The molecule has 0 saturated carbocycles. The number of nitro groups is 1. The zero-order valence-electron chi connectivity index (χ0n) is 8.83. The number of hydrogen-bond donors (Lipinski definition) is 1. The monoisotopic (exact) mass is 254 g/mol. The summed E-state index contributed by atoms with van der Waals surface area (Å²) >= 11 is 4.06. The van der Waals surface area contributed by atoms with Gasteiger partial charge in [0.25, 0.3) is 5.69 Å². The van der Waals surface area contributed by atoms with E-state index >= 15 is 0 Å². The van der Waals surface area contributed by atoms with Crippen LogP contribution in [0.25, 0.3) is 11.1 Å². The minimum Gasteiger partial charge on any atom is -0.408 e. The lowest BCUT2D eigenvalue weighted by molar-refractivity contribution is -0.384. The van der Waals surface area contributed by atoms with Crippen LogP contribution in [0.4, 0.5) is 5.69 Å². The molecule has 1 aromatic heterocycles. The second-order valence-corrected chi connectivity index (χ2v) is 3.95. The highest BCUT2D eigenvalue weighted by Crippen LogP contribution is 2.20. The smallest absolute Gasteiger partial charge is 0.408 e. The number of hydrogen-bond acceptors (Lipinski definition) is 5. The molecule has 0 aliphatic heterocycles. The van der Waals surface area contributed by atoms with E-state index in [0.717, 1.165) is 0 Å². The Hall–Kier alpha value is -1.76. The predicted molar refractivity (Wildman–Crippen MR) is 65.6 cm³/mol. The van der Waals surface area contributed by atoms with Crippen molar-refractivity contribution < 1.29 is 9.34 Å². The summed E-state index contributed by atoms with van der Waals surface area (Å²) < 4.78 is 6.38. The van der Waals surface area contributed by atoms with E-state index in [1.807, 2.05) is 0 Å². The van der Waals surface area contributed by atoms with Gasteiger partial charge in [-0.2, -0.15) is 12.6 Å². The zero-order chi connectivity index (χ0) is 12.4. The summed E-state index contributed by atoms with van der Waals surface area (Å²) in [5.74, 6) is 0.135. The summed E-state index contributed by atoms with van der Waals surface area (Å²) in [6.45, 7) is 0.441. The van der Waals surface area contributed by atoms with Gasteiger partial charge in [0.2, 0.25) is 0 Å². The lowest BCUT2D eigenvalue weighted by Crippen LogP contribution is -2.14. The predicted octanol–water partition coefficient (Wildman–Crippen LogP) is 1.82. The summed E-state index contributed by atoms with van der Waals surface area (Å²) in [5.41, 5.74) is 0.753. The van der Waals surface area contributed by atoms with Gasteiger partial charge >= 0.3 is 5.76 Å². The average molecular weight is 254 g/mol. The molecule has 0 saturated heterocycles. The number of rotatable bonds is 4. The van der Waals surface area contributed by atoms with Crippen molar-refractivity contribution >= 4 is 29.4 Å². The van der Waals surface area contributed by atoms with Crippen LogP contribution in [-0.4, -0.2) is 15.2 Å².